The molecule has 0 amide bonds. The largest absolute Gasteiger partial charge is 0.507 e. The monoisotopic (exact) mass is 439 g/mol. The summed E-state index contributed by atoms with van der Waals surface area (Å²) < 4.78 is 11.2. The maximum Gasteiger partial charge on any atom is 0.344 e. The average Bonchev–Trinajstić information content (AvgIpc) is 2.78. The Balaban J connectivity index is 1.89. The van der Waals surface area contributed by atoms with Gasteiger partial charge in [-0.25, -0.2) is 9.59 Å². The van der Waals surface area contributed by atoms with Crippen LogP contribution in [0.4, 0.5) is 0 Å². The zero-order valence-electron chi connectivity index (χ0n) is 18.4. The molecule has 0 fully saturated rings. The predicted molar refractivity (Wildman–Crippen MR) is 126 cm³/mol. The maximum absolute atomic E-state index is 13.3. The summed E-state index contributed by atoms with van der Waals surface area (Å²) in [5, 5.41) is 12.4. The van der Waals surface area contributed by atoms with Crippen LogP contribution < -0.4 is 11.3 Å². The molecule has 5 aromatic rings. The van der Waals surface area contributed by atoms with E-state index >= 15 is 0 Å². The lowest BCUT2D eigenvalue weighted by atomic mass is 9.85. The first kappa shape index (κ1) is 20.7. The van der Waals surface area contributed by atoms with Crippen LogP contribution in [0.5, 0.6) is 5.75 Å². The van der Waals surface area contributed by atoms with Crippen molar-refractivity contribution in [1.82, 2.24) is 4.98 Å². The minimum atomic E-state index is -0.977. The van der Waals surface area contributed by atoms with Crippen LogP contribution in [0, 0.1) is 20.8 Å². The summed E-state index contributed by atoms with van der Waals surface area (Å²) in [6.45, 7) is 5.59. The number of aryl methyl sites for hydroxylation is 3. The van der Waals surface area contributed by atoms with Crippen LogP contribution in [0.15, 0.2) is 79.2 Å². The first-order chi connectivity index (χ1) is 15.8. The molecule has 0 radical (unpaired) electrons. The Morgan fingerprint density at radius 3 is 2.03 bits per heavy atom. The highest BCUT2D eigenvalue weighted by atomic mass is 16.4. The summed E-state index contributed by atoms with van der Waals surface area (Å²) in [7, 11) is 0. The van der Waals surface area contributed by atoms with Crippen LogP contribution in [0.25, 0.3) is 21.9 Å². The molecule has 1 atom stereocenters. The standard InChI is InChI=1S/C27H21NO5/c1-14-7-9-17-16(3)22(26(30)32-20(17)12-14)23(19-6-4-5-11-28-19)24-25(29)18-10-8-15(2)13-21(18)33-27(24)31/h4-13,23,29H,1-3H3. The zero-order valence-corrected chi connectivity index (χ0v) is 18.4. The van der Waals surface area contributed by atoms with Gasteiger partial charge in [-0.3, -0.25) is 4.98 Å². The van der Waals surface area contributed by atoms with Gasteiger partial charge in [0.15, 0.2) is 0 Å². The Bertz CT molecular complexity index is 1540. The number of nitrogens with zero attached hydrogens (tertiary/aromatic N) is 1. The normalized spacial score (nSPS) is 12.3. The molecule has 0 aliphatic carbocycles. The number of aromatic hydroxyl groups is 1. The number of hydrogen-bond acceptors (Lipinski definition) is 6. The molecule has 33 heavy (non-hydrogen) atoms. The molecule has 0 bridgehead atoms. The number of pyridine rings is 1. The van der Waals surface area contributed by atoms with E-state index in [0.29, 0.717) is 22.2 Å². The Morgan fingerprint density at radius 2 is 1.39 bits per heavy atom. The van der Waals surface area contributed by atoms with Gasteiger partial charge in [-0.05, 0) is 67.8 Å². The molecule has 3 aromatic heterocycles. The summed E-state index contributed by atoms with van der Waals surface area (Å²) in [5.74, 6) is -1.21. The maximum atomic E-state index is 13.3. The van der Waals surface area contributed by atoms with Crippen molar-refractivity contribution in [2.45, 2.75) is 26.7 Å². The predicted octanol–water partition coefficient (Wildman–Crippen LogP) is 5.11. The topological polar surface area (TPSA) is 93.5 Å². The van der Waals surface area contributed by atoms with Crippen molar-refractivity contribution in [2.24, 2.45) is 0 Å². The van der Waals surface area contributed by atoms with Gasteiger partial charge >= 0.3 is 11.3 Å². The van der Waals surface area contributed by atoms with Crippen LogP contribution in [0.2, 0.25) is 0 Å². The fraction of sp³-hybridized carbons (Fsp3) is 0.148. The summed E-state index contributed by atoms with van der Waals surface area (Å²) in [6, 6.07) is 16.0. The van der Waals surface area contributed by atoms with E-state index < -0.39 is 17.2 Å². The first-order valence-corrected chi connectivity index (χ1v) is 10.6. The molecule has 1 N–H and O–H groups in total. The van der Waals surface area contributed by atoms with E-state index in [1.165, 1.54) is 0 Å². The van der Waals surface area contributed by atoms with Crippen LogP contribution >= 0.6 is 0 Å². The van der Waals surface area contributed by atoms with Gasteiger partial charge in [0.05, 0.1) is 28.1 Å². The number of fused-ring (bicyclic) bond motifs is 2. The fourth-order valence-corrected chi connectivity index (χ4v) is 4.36. The van der Waals surface area contributed by atoms with Crippen molar-refractivity contribution < 1.29 is 13.9 Å². The molecule has 6 nitrogen and oxygen atoms in total. The molecule has 3 heterocycles. The van der Waals surface area contributed by atoms with E-state index in [1.54, 1.807) is 42.6 Å². The second-order valence-electron chi connectivity index (χ2n) is 8.27. The van der Waals surface area contributed by atoms with Gasteiger partial charge in [0.2, 0.25) is 0 Å². The van der Waals surface area contributed by atoms with Gasteiger partial charge in [0.25, 0.3) is 0 Å². The van der Waals surface area contributed by atoms with E-state index in [9.17, 15) is 14.7 Å². The Kier molecular flexibility index (Phi) is 4.86. The van der Waals surface area contributed by atoms with E-state index in [0.717, 1.165) is 16.5 Å². The van der Waals surface area contributed by atoms with Gasteiger partial charge in [0.1, 0.15) is 16.9 Å². The molecule has 0 saturated carbocycles. The Labute approximate surface area is 188 Å². The van der Waals surface area contributed by atoms with Gasteiger partial charge in [-0.2, -0.15) is 0 Å². The molecular weight excluding hydrogens is 418 g/mol. The molecule has 0 aliphatic rings. The SMILES string of the molecule is Cc1ccc2c(C)c(C(c3ccccn3)c3c(O)c4ccc(C)cc4oc3=O)c(=O)oc2c1. The quantitative estimate of drug-likeness (QED) is 0.393. The van der Waals surface area contributed by atoms with Crippen molar-refractivity contribution in [1.29, 1.82) is 0 Å². The number of hydrogen-bond donors (Lipinski definition) is 1. The van der Waals surface area contributed by atoms with E-state index in [-0.39, 0.29) is 22.5 Å². The van der Waals surface area contributed by atoms with Crippen molar-refractivity contribution in [3.8, 4) is 5.75 Å². The number of benzene rings is 2. The van der Waals surface area contributed by atoms with Crippen molar-refractivity contribution in [3.63, 3.8) is 0 Å². The van der Waals surface area contributed by atoms with Crippen molar-refractivity contribution in [2.75, 3.05) is 0 Å². The third kappa shape index (κ3) is 3.40. The molecule has 0 spiro atoms. The molecule has 2 aromatic carbocycles. The summed E-state index contributed by atoms with van der Waals surface area (Å²) in [5.41, 5.74) is 2.53. The smallest absolute Gasteiger partial charge is 0.344 e. The van der Waals surface area contributed by atoms with E-state index in [1.807, 2.05) is 39.0 Å². The number of aromatic nitrogens is 1. The fourth-order valence-electron chi connectivity index (χ4n) is 4.36. The van der Waals surface area contributed by atoms with Crippen molar-refractivity contribution >= 4 is 21.9 Å². The molecule has 0 aliphatic heterocycles. The third-order valence-corrected chi connectivity index (χ3v) is 6.00. The van der Waals surface area contributed by atoms with E-state index in [4.69, 9.17) is 8.83 Å². The minimum absolute atomic E-state index is 0.0492. The summed E-state index contributed by atoms with van der Waals surface area (Å²) >= 11 is 0. The highest BCUT2D eigenvalue weighted by Gasteiger charge is 2.32. The second-order valence-corrected chi connectivity index (χ2v) is 8.27. The average molecular weight is 439 g/mol. The van der Waals surface area contributed by atoms with Crippen molar-refractivity contribution in [3.05, 3.63) is 115 Å². The third-order valence-electron chi connectivity index (χ3n) is 6.00. The molecule has 6 heteroatoms. The summed E-state index contributed by atoms with van der Waals surface area (Å²) in [6.07, 6.45) is 1.58. The van der Waals surface area contributed by atoms with Crippen LogP contribution in [-0.2, 0) is 0 Å². The Morgan fingerprint density at radius 1 is 0.788 bits per heavy atom. The molecule has 5 rings (SSSR count). The van der Waals surface area contributed by atoms with Gasteiger partial charge in [0, 0.05) is 11.6 Å². The number of rotatable bonds is 3. The van der Waals surface area contributed by atoms with Gasteiger partial charge in [-0.1, -0.05) is 24.3 Å². The zero-order chi connectivity index (χ0) is 23.3. The molecule has 0 saturated heterocycles. The lowest BCUT2D eigenvalue weighted by molar-refractivity contribution is 0.453. The van der Waals surface area contributed by atoms with Gasteiger partial charge < -0.3 is 13.9 Å². The highest BCUT2D eigenvalue weighted by Crippen LogP contribution is 2.38. The lowest BCUT2D eigenvalue weighted by Gasteiger charge is -2.19. The van der Waals surface area contributed by atoms with Crippen LogP contribution in [-0.4, -0.2) is 10.1 Å². The molecule has 1 unspecified atom stereocenters. The van der Waals surface area contributed by atoms with Crippen LogP contribution in [0.1, 0.15) is 39.4 Å². The van der Waals surface area contributed by atoms with E-state index in [2.05, 4.69) is 4.98 Å². The van der Waals surface area contributed by atoms with Gasteiger partial charge in [-0.15, -0.1) is 0 Å². The van der Waals surface area contributed by atoms with Crippen LogP contribution in [0.3, 0.4) is 0 Å². The molecular formula is C27H21NO5. The summed E-state index contributed by atoms with van der Waals surface area (Å²) in [4.78, 5) is 30.9. The first-order valence-electron chi connectivity index (χ1n) is 10.6. The lowest BCUT2D eigenvalue weighted by Crippen LogP contribution is -2.23. The molecule has 164 valence electrons. The highest BCUT2D eigenvalue weighted by molar-refractivity contribution is 5.86. The minimum Gasteiger partial charge on any atom is -0.507 e. The second kappa shape index (κ2) is 7.74. The Hall–Kier alpha value is -4.19.